The van der Waals surface area contributed by atoms with Crippen molar-refractivity contribution in [1.82, 2.24) is 9.80 Å². The van der Waals surface area contributed by atoms with Crippen LogP contribution in [0, 0.1) is 5.92 Å². The van der Waals surface area contributed by atoms with Crippen molar-refractivity contribution in [2.45, 2.75) is 38.6 Å². The molecule has 4 nitrogen and oxygen atoms in total. The van der Waals surface area contributed by atoms with Crippen LogP contribution >= 0.6 is 0 Å². The number of carbonyl (C=O) groups is 1. The molecule has 1 rings (SSSR count). The third-order valence-corrected chi connectivity index (χ3v) is 3.78. The monoisotopic (exact) mass is 241 g/mol. The molecule has 4 heteroatoms. The molecule has 0 saturated carbocycles. The molecule has 0 radical (unpaired) electrons. The van der Waals surface area contributed by atoms with Crippen molar-refractivity contribution in [3.05, 3.63) is 0 Å². The van der Waals surface area contributed by atoms with E-state index in [1.807, 2.05) is 4.90 Å². The molecular weight excluding hydrogens is 214 g/mol. The predicted molar refractivity (Wildman–Crippen MR) is 70.7 cm³/mol. The van der Waals surface area contributed by atoms with Crippen molar-refractivity contribution in [3.8, 4) is 0 Å². The Morgan fingerprint density at radius 2 is 2.00 bits per heavy atom. The van der Waals surface area contributed by atoms with E-state index in [1.165, 1.54) is 0 Å². The highest BCUT2D eigenvalue weighted by atomic mass is 16.2. The van der Waals surface area contributed by atoms with Crippen LogP contribution in [0.3, 0.4) is 0 Å². The zero-order valence-corrected chi connectivity index (χ0v) is 11.5. The Hall–Kier alpha value is -0.610. The van der Waals surface area contributed by atoms with E-state index >= 15 is 0 Å². The van der Waals surface area contributed by atoms with Crippen molar-refractivity contribution in [3.63, 3.8) is 0 Å². The summed E-state index contributed by atoms with van der Waals surface area (Å²) in [5.41, 5.74) is 5.69. The summed E-state index contributed by atoms with van der Waals surface area (Å²) in [5, 5.41) is 0. The molecule has 1 aliphatic heterocycles. The fourth-order valence-corrected chi connectivity index (χ4v) is 2.55. The third-order valence-electron chi connectivity index (χ3n) is 3.78. The molecule has 100 valence electrons. The van der Waals surface area contributed by atoms with Gasteiger partial charge in [-0.3, -0.25) is 4.79 Å². The number of hydrogen-bond donors (Lipinski definition) is 1. The van der Waals surface area contributed by atoms with Gasteiger partial charge in [-0.25, -0.2) is 0 Å². The first-order valence-electron chi connectivity index (χ1n) is 6.75. The molecule has 0 bridgehead atoms. The van der Waals surface area contributed by atoms with Gasteiger partial charge in [0.2, 0.25) is 5.91 Å². The Bertz CT molecular complexity index is 235. The predicted octanol–water partition coefficient (Wildman–Crippen LogP) is 0.914. The molecule has 1 unspecified atom stereocenters. The Kier molecular flexibility index (Phi) is 5.92. The van der Waals surface area contributed by atoms with E-state index < -0.39 is 0 Å². The highest BCUT2D eigenvalue weighted by Crippen LogP contribution is 2.17. The van der Waals surface area contributed by atoms with Crippen molar-refractivity contribution in [1.29, 1.82) is 0 Å². The second-order valence-corrected chi connectivity index (χ2v) is 5.24. The average Bonchev–Trinajstić information content (AvgIpc) is 2.35. The van der Waals surface area contributed by atoms with Crippen molar-refractivity contribution in [2.24, 2.45) is 11.7 Å². The maximum absolute atomic E-state index is 12.2. The molecule has 1 fully saturated rings. The van der Waals surface area contributed by atoms with Gasteiger partial charge in [0.15, 0.2) is 0 Å². The molecular formula is C13H27N3O. The summed E-state index contributed by atoms with van der Waals surface area (Å²) in [6.07, 6.45) is 4.12. The van der Waals surface area contributed by atoms with Crippen LogP contribution in [0.1, 0.15) is 32.6 Å². The Morgan fingerprint density at radius 1 is 1.41 bits per heavy atom. The van der Waals surface area contributed by atoms with Gasteiger partial charge in [-0.1, -0.05) is 13.3 Å². The van der Waals surface area contributed by atoms with Gasteiger partial charge in [-0.05, 0) is 33.4 Å². The summed E-state index contributed by atoms with van der Waals surface area (Å²) < 4.78 is 0. The smallest absolute Gasteiger partial charge is 0.226 e. The van der Waals surface area contributed by atoms with E-state index in [4.69, 9.17) is 5.73 Å². The minimum Gasteiger partial charge on any atom is -0.342 e. The van der Waals surface area contributed by atoms with Crippen molar-refractivity contribution >= 4 is 5.91 Å². The first kappa shape index (κ1) is 14.5. The maximum Gasteiger partial charge on any atom is 0.226 e. The third kappa shape index (κ3) is 3.96. The minimum atomic E-state index is 0.0379. The lowest BCUT2D eigenvalue weighted by molar-refractivity contribution is -0.137. The molecule has 0 aromatic rings. The standard InChI is InChI=1S/C13H27N3O/c1-4-5-11(10-14)13(17)16-8-6-12(7-9-16)15(2)3/h11-12H,4-10,14H2,1-3H3. The molecule has 1 amide bonds. The van der Waals surface area contributed by atoms with E-state index in [-0.39, 0.29) is 11.8 Å². The first-order valence-corrected chi connectivity index (χ1v) is 6.75. The molecule has 0 spiro atoms. The normalized spacial score (nSPS) is 19.7. The summed E-state index contributed by atoms with van der Waals surface area (Å²) in [5.74, 6) is 0.308. The van der Waals surface area contributed by atoms with Gasteiger partial charge in [0, 0.05) is 25.7 Å². The minimum absolute atomic E-state index is 0.0379. The molecule has 0 aromatic heterocycles. The highest BCUT2D eigenvalue weighted by molar-refractivity contribution is 5.79. The molecule has 1 heterocycles. The van der Waals surface area contributed by atoms with Gasteiger partial charge in [0.1, 0.15) is 0 Å². The maximum atomic E-state index is 12.2. The lowest BCUT2D eigenvalue weighted by Gasteiger charge is -2.36. The van der Waals surface area contributed by atoms with Crippen LogP contribution in [-0.4, -0.2) is 55.5 Å². The molecule has 1 saturated heterocycles. The van der Waals surface area contributed by atoms with Crippen molar-refractivity contribution < 1.29 is 4.79 Å². The number of nitrogens with two attached hydrogens (primary N) is 1. The summed E-state index contributed by atoms with van der Waals surface area (Å²) >= 11 is 0. The second-order valence-electron chi connectivity index (χ2n) is 5.24. The van der Waals surface area contributed by atoms with E-state index in [0.717, 1.165) is 38.8 Å². The van der Waals surface area contributed by atoms with E-state index in [1.54, 1.807) is 0 Å². The van der Waals surface area contributed by atoms with Gasteiger partial charge >= 0.3 is 0 Å². The van der Waals surface area contributed by atoms with E-state index in [2.05, 4.69) is 25.9 Å². The SMILES string of the molecule is CCCC(CN)C(=O)N1CCC(N(C)C)CC1. The Balaban J connectivity index is 2.44. The zero-order chi connectivity index (χ0) is 12.8. The number of likely N-dealkylation sites (tertiary alicyclic amines) is 1. The van der Waals surface area contributed by atoms with Gasteiger partial charge < -0.3 is 15.5 Å². The molecule has 1 aliphatic rings. The summed E-state index contributed by atoms with van der Waals surface area (Å²) in [4.78, 5) is 16.5. The second kappa shape index (κ2) is 6.97. The lowest BCUT2D eigenvalue weighted by atomic mass is 9.98. The summed E-state index contributed by atoms with van der Waals surface area (Å²) in [6, 6.07) is 0.626. The summed E-state index contributed by atoms with van der Waals surface area (Å²) in [6.45, 7) is 4.37. The largest absolute Gasteiger partial charge is 0.342 e. The average molecular weight is 241 g/mol. The van der Waals surface area contributed by atoms with Crippen LogP contribution in [0.15, 0.2) is 0 Å². The molecule has 17 heavy (non-hydrogen) atoms. The van der Waals surface area contributed by atoms with Gasteiger partial charge in [0.25, 0.3) is 0 Å². The van der Waals surface area contributed by atoms with Gasteiger partial charge in [-0.2, -0.15) is 0 Å². The number of hydrogen-bond acceptors (Lipinski definition) is 3. The van der Waals surface area contributed by atoms with Crippen LogP contribution in [0.5, 0.6) is 0 Å². The van der Waals surface area contributed by atoms with Crippen LogP contribution in [0.2, 0.25) is 0 Å². The Morgan fingerprint density at radius 3 is 2.41 bits per heavy atom. The van der Waals surface area contributed by atoms with Crippen LogP contribution in [0.25, 0.3) is 0 Å². The quantitative estimate of drug-likeness (QED) is 0.778. The van der Waals surface area contributed by atoms with Gasteiger partial charge in [-0.15, -0.1) is 0 Å². The lowest BCUT2D eigenvalue weighted by Crippen LogP contribution is -2.47. The van der Waals surface area contributed by atoms with Gasteiger partial charge in [0.05, 0.1) is 5.92 Å². The van der Waals surface area contributed by atoms with Crippen LogP contribution in [-0.2, 0) is 4.79 Å². The van der Waals surface area contributed by atoms with Crippen LogP contribution < -0.4 is 5.73 Å². The fourth-order valence-electron chi connectivity index (χ4n) is 2.55. The summed E-state index contributed by atoms with van der Waals surface area (Å²) in [7, 11) is 4.23. The molecule has 0 aliphatic carbocycles. The van der Waals surface area contributed by atoms with E-state index in [0.29, 0.717) is 12.6 Å². The highest BCUT2D eigenvalue weighted by Gasteiger charge is 2.27. The van der Waals surface area contributed by atoms with Crippen LogP contribution in [0.4, 0.5) is 0 Å². The fraction of sp³-hybridized carbons (Fsp3) is 0.923. The number of amides is 1. The molecule has 2 N–H and O–H groups in total. The number of rotatable bonds is 5. The number of carbonyl (C=O) groups excluding carboxylic acids is 1. The number of piperidine rings is 1. The Labute approximate surface area is 105 Å². The molecule has 1 atom stereocenters. The molecule has 0 aromatic carbocycles. The zero-order valence-electron chi connectivity index (χ0n) is 11.5. The number of nitrogens with zero attached hydrogens (tertiary/aromatic N) is 2. The van der Waals surface area contributed by atoms with E-state index in [9.17, 15) is 4.79 Å². The first-order chi connectivity index (χ1) is 8.10. The topological polar surface area (TPSA) is 49.6 Å². The van der Waals surface area contributed by atoms with Crippen molar-refractivity contribution in [2.75, 3.05) is 33.7 Å².